The first-order valence-electron chi connectivity index (χ1n) is 9.57. The minimum Gasteiger partial charge on any atom is -0.486 e. The standard InChI is InChI=1S/C21H26N2O4S/c1-14-7-6-8-15(2)23(14)20(24)12-27-21(25)18-9-4-5-10-19(18)26-11-17-13-28-16(3)22-17/h4-5,9-10,13-15H,6-8,11-12H2,1-3H3/t14-,15-/m1/s1. The molecule has 0 spiro atoms. The van der Waals surface area contributed by atoms with Gasteiger partial charge in [0.25, 0.3) is 5.91 Å². The van der Waals surface area contributed by atoms with Crippen LogP contribution in [0.5, 0.6) is 5.75 Å². The van der Waals surface area contributed by atoms with E-state index in [-0.39, 0.29) is 31.2 Å². The topological polar surface area (TPSA) is 68.7 Å². The molecule has 0 bridgehead atoms. The third-order valence-electron chi connectivity index (χ3n) is 4.96. The maximum atomic E-state index is 12.6. The Kier molecular flexibility index (Phi) is 6.67. The number of carbonyl (C=O) groups excluding carboxylic acids is 2. The lowest BCUT2D eigenvalue weighted by atomic mass is 9.97. The van der Waals surface area contributed by atoms with Crippen molar-refractivity contribution in [2.24, 2.45) is 0 Å². The second-order valence-corrected chi connectivity index (χ2v) is 8.21. The van der Waals surface area contributed by atoms with Gasteiger partial charge in [-0.05, 0) is 52.2 Å². The highest BCUT2D eigenvalue weighted by atomic mass is 32.1. The van der Waals surface area contributed by atoms with E-state index < -0.39 is 5.97 Å². The lowest BCUT2D eigenvalue weighted by molar-refractivity contribution is -0.140. The molecule has 0 unspecified atom stereocenters. The highest BCUT2D eigenvalue weighted by Crippen LogP contribution is 2.24. The molecular weight excluding hydrogens is 376 g/mol. The Bertz CT molecular complexity index is 825. The fourth-order valence-electron chi connectivity index (χ4n) is 3.58. The molecule has 2 aromatic rings. The molecule has 2 atom stereocenters. The van der Waals surface area contributed by atoms with Crippen LogP contribution in [-0.2, 0) is 16.1 Å². The Balaban J connectivity index is 1.60. The SMILES string of the molecule is Cc1nc(COc2ccccc2C(=O)OCC(=O)N2[C@H](C)CCC[C@H]2C)cs1. The molecule has 1 fully saturated rings. The lowest BCUT2D eigenvalue weighted by Crippen LogP contribution is -2.49. The third kappa shape index (κ3) is 4.90. The van der Waals surface area contributed by atoms with E-state index in [4.69, 9.17) is 9.47 Å². The molecule has 0 aliphatic carbocycles. The van der Waals surface area contributed by atoms with Crippen molar-refractivity contribution in [1.82, 2.24) is 9.88 Å². The van der Waals surface area contributed by atoms with Gasteiger partial charge in [0.15, 0.2) is 6.61 Å². The average Bonchev–Trinajstić information content (AvgIpc) is 3.10. The van der Waals surface area contributed by atoms with Crippen molar-refractivity contribution in [2.75, 3.05) is 6.61 Å². The highest BCUT2D eigenvalue weighted by molar-refractivity contribution is 7.09. The summed E-state index contributed by atoms with van der Waals surface area (Å²) in [5.74, 6) is -0.287. The molecule has 7 heteroatoms. The van der Waals surface area contributed by atoms with E-state index in [1.165, 1.54) is 0 Å². The number of rotatable bonds is 6. The molecule has 3 rings (SSSR count). The third-order valence-corrected chi connectivity index (χ3v) is 5.78. The van der Waals surface area contributed by atoms with Crippen molar-refractivity contribution in [1.29, 1.82) is 0 Å². The number of piperidine rings is 1. The lowest BCUT2D eigenvalue weighted by Gasteiger charge is -2.38. The van der Waals surface area contributed by atoms with Gasteiger partial charge < -0.3 is 14.4 Å². The summed E-state index contributed by atoms with van der Waals surface area (Å²) in [5, 5.41) is 2.89. The normalized spacial score (nSPS) is 19.3. The molecule has 2 heterocycles. The summed E-state index contributed by atoms with van der Waals surface area (Å²) >= 11 is 1.55. The summed E-state index contributed by atoms with van der Waals surface area (Å²) < 4.78 is 11.1. The fraction of sp³-hybridized carbons (Fsp3) is 0.476. The van der Waals surface area contributed by atoms with Crippen LogP contribution < -0.4 is 4.74 Å². The van der Waals surface area contributed by atoms with E-state index in [1.807, 2.05) is 31.1 Å². The number of thiazole rings is 1. The van der Waals surface area contributed by atoms with Crippen molar-refractivity contribution in [3.63, 3.8) is 0 Å². The van der Waals surface area contributed by atoms with Crippen LogP contribution >= 0.6 is 11.3 Å². The van der Waals surface area contributed by atoms with Gasteiger partial charge in [-0.2, -0.15) is 0 Å². The van der Waals surface area contributed by atoms with Crippen LogP contribution in [0.25, 0.3) is 0 Å². The Morgan fingerprint density at radius 3 is 2.61 bits per heavy atom. The smallest absolute Gasteiger partial charge is 0.342 e. The quantitative estimate of drug-likeness (QED) is 0.684. The number of hydrogen-bond donors (Lipinski definition) is 0. The first-order chi connectivity index (χ1) is 13.5. The number of esters is 1. The summed E-state index contributed by atoms with van der Waals surface area (Å²) in [4.78, 5) is 31.3. The number of amides is 1. The molecule has 0 saturated carbocycles. The van der Waals surface area contributed by atoms with Crippen LogP contribution in [0, 0.1) is 6.92 Å². The Morgan fingerprint density at radius 1 is 1.21 bits per heavy atom. The van der Waals surface area contributed by atoms with Crippen LogP contribution in [-0.4, -0.2) is 40.5 Å². The van der Waals surface area contributed by atoms with Crippen molar-refractivity contribution < 1.29 is 19.1 Å². The van der Waals surface area contributed by atoms with Crippen molar-refractivity contribution >= 4 is 23.2 Å². The monoisotopic (exact) mass is 402 g/mol. The van der Waals surface area contributed by atoms with Crippen molar-refractivity contribution in [3.8, 4) is 5.75 Å². The van der Waals surface area contributed by atoms with Crippen LogP contribution in [0.3, 0.4) is 0 Å². The van der Waals surface area contributed by atoms with Crippen molar-refractivity contribution in [2.45, 2.75) is 58.7 Å². The minimum absolute atomic E-state index is 0.149. The van der Waals surface area contributed by atoms with Crippen LogP contribution in [0.1, 0.15) is 54.2 Å². The number of benzene rings is 1. The molecule has 150 valence electrons. The largest absolute Gasteiger partial charge is 0.486 e. The number of carbonyl (C=O) groups is 2. The molecule has 1 aliphatic heterocycles. The summed E-state index contributed by atoms with van der Waals surface area (Å²) in [5.41, 5.74) is 1.12. The van der Waals surface area contributed by atoms with Gasteiger partial charge in [-0.3, -0.25) is 4.79 Å². The summed E-state index contributed by atoms with van der Waals surface area (Å²) in [6.45, 7) is 6.03. The van der Waals surface area contributed by atoms with E-state index >= 15 is 0 Å². The molecule has 1 saturated heterocycles. The maximum absolute atomic E-state index is 12.6. The Labute approximate surface area is 169 Å². The van der Waals surface area contributed by atoms with Gasteiger partial charge in [-0.1, -0.05) is 12.1 Å². The first-order valence-corrected chi connectivity index (χ1v) is 10.4. The van der Waals surface area contributed by atoms with Crippen molar-refractivity contribution in [3.05, 3.63) is 45.9 Å². The number of nitrogens with zero attached hydrogens (tertiary/aromatic N) is 2. The number of likely N-dealkylation sites (tertiary alicyclic amines) is 1. The Morgan fingerprint density at radius 2 is 1.93 bits per heavy atom. The van der Waals surface area contributed by atoms with E-state index in [0.717, 1.165) is 30.0 Å². The van der Waals surface area contributed by atoms with Gasteiger partial charge in [-0.15, -0.1) is 11.3 Å². The van der Waals surface area contributed by atoms with Crippen LogP contribution in [0.2, 0.25) is 0 Å². The van der Waals surface area contributed by atoms with Gasteiger partial charge in [0, 0.05) is 17.5 Å². The van der Waals surface area contributed by atoms with Gasteiger partial charge in [0.05, 0.1) is 10.7 Å². The molecular formula is C21H26N2O4S. The summed E-state index contributed by atoms with van der Waals surface area (Å²) in [7, 11) is 0. The molecule has 1 amide bonds. The van der Waals surface area contributed by atoms with Gasteiger partial charge in [0.1, 0.15) is 17.9 Å². The van der Waals surface area contributed by atoms with E-state index in [9.17, 15) is 9.59 Å². The molecule has 1 aromatic heterocycles. The van der Waals surface area contributed by atoms with Gasteiger partial charge in [-0.25, -0.2) is 9.78 Å². The molecule has 0 N–H and O–H groups in total. The van der Waals surface area contributed by atoms with E-state index in [1.54, 1.807) is 35.6 Å². The predicted octanol–water partition coefficient (Wildman–Crippen LogP) is 3.98. The molecule has 28 heavy (non-hydrogen) atoms. The maximum Gasteiger partial charge on any atom is 0.342 e. The molecule has 0 radical (unpaired) electrons. The number of ether oxygens (including phenoxy) is 2. The molecule has 6 nitrogen and oxygen atoms in total. The zero-order valence-electron chi connectivity index (χ0n) is 16.5. The number of aryl methyl sites for hydroxylation is 1. The second-order valence-electron chi connectivity index (χ2n) is 7.15. The van der Waals surface area contributed by atoms with Crippen LogP contribution in [0.15, 0.2) is 29.6 Å². The highest BCUT2D eigenvalue weighted by Gasteiger charge is 2.29. The van der Waals surface area contributed by atoms with Gasteiger partial charge in [0.2, 0.25) is 0 Å². The number of aromatic nitrogens is 1. The Hall–Kier alpha value is -2.41. The average molecular weight is 403 g/mol. The zero-order chi connectivity index (χ0) is 20.1. The molecule has 1 aromatic carbocycles. The first kappa shape index (κ1) is 20.3. The van der Waals surface area contributed by atoms with Crippen LogP contribution in [0.4, 0.5) is 0 Å². The zero-order valence-corrected chi connectivity index (χ0v) is 17.3. The fourth-order valence-corrected chi connectivity index (χ4v) is 4.18. The van der Waals surface area contributed by atoms with E-state index in [2.05, 4.69) is 4.98 Å². The predicted molar refractivity (Wildman–Crippen MR) is 108 cm³/mol. The second kappa shape index (κ2) is 9.19. The van der Waals surface area contributed by atoms with Gasteiger partial charge >= 0.3 is 5.97 Å². The molecule has 1 aliphatic rings. The summed E-state index contributed by atoms with van der Waals surface area (Å²) in [6.07, 6.45) is 3.09. The van der Waals surface area contributed by atoms with E-state index in [0.29, 0.717) is 11.3 Å². The number of hydrogen-bond acceptors (Lipinski definition) is 6. The minimum atomic E-state index is -0.560. The number of para-hydroxylation sites is 1. The summed E-state index contributed by atoms with van der Waals surface area (Å²) in [6, 6.07) is 7.24.